The van der Waals surface area contributed by atoms with Crippen molar-refractivity contribution in [2.24, 2.45) is 5.92 Å². The maximum Gasteiger partial charge on any atom is 0.272 e. The summed E-state index contributed by atoms with van der Waals surface area (Å²) in [5.74, 6) is -0.425. The lowest BCUT2D eigenvalue weighted by atomic mass is 10.0. The van der Waals surface area contributed by atoms with Gasteiger partial charge in [0.25, 0.3) is 10.0 Å². The third kappa shape index (κ3) is 3.12. The van der Waals surface area contributed by atoms with Gasteiger partial charge in [0.1, 0.15) is 0 Å². The first-order valence-corrected chi connectivity index (χ1v) is 8.20. The molecule has 8 nitrogen and oxygen atoms in total. The normalized spacial score (nSPS) is 17.6. The number of amides is 1. The van der Waals surface area contributed by atoms with Gasteiger partial charge in [-0.2, -0.15) is 9.57 Å². The van der Waals surface area contributed by atoms with Crippen molar-refractivity contribution in [1.82, 2.24) is 14.5 Å². The zero-order valence-corrected chi connectivity index (χ0v) is 12.4. The van der Waals surface area contributed by atoms with Gasteiger partial charge in [0.15, 0.2) is 0 Å². The van der Waals surface area contributed by atoms with Gasteiger partial charge in [0.05, 0.1) is 6.07 Å². The summed E-state index contributed by atoms with van der Waals surface area (Å²) in [5.41, 5.74) is 0. The topological polar surface area (TPSA) is 116 Å². The summed E-state index contributed by atoms with van der Waals surface area (Å²) in [4.78, 5) is 10.9. The predicted octanol–water partition coefficient (Wildman–Crippen LogP) is 0.421. The number of anilines is 1. The molecule has 1 N–H and O–H groups in total. The number of hydrogen-bond acceptors (Lipinski definition) is 7. The average Bonchev–Trinajstić information content (AvgIpc) is 2.87. The highest BCUT2D eigenvalue weighted by molar-refractivity contribution is 7.91. The van der Waals surface area contributed by atoms with E-state index in [1.54, 1.807) is 0 Å². The van der Waals surface area contributed by atoms with E-state index in [1.807, 2.05) is 0 Å². The van der Waals surface area contributed by atoms with Gasteiger partial charge in [-0.25, -0.2) is 8.42 Å². The SMILES string of the molecule is CC(=O)Nc1nnc(S(=O)(=O)N2CCC(C#N)CC2)s1. The van der Waals surface area contributed by atoms with Crippen LogP contribution in [0.15, 0.2) is 4.34 Å². The second-order valence-corrected chi connectivity index (χ2v) is 7.45. The summed E-state index contributed by atoms with van der Waals surface area (Å²) in [5, 5.41) is 18.6. The van der Waals surface area contributed by atoms with Gasteiger partial charge in [-0.3, -0.25) is 4.79 Å². The molecule has 1 fully saturated rings. The van der Waals surface area contributed by atoms with E-state index in [0.717, 1.165) is 11.3 Å². The van der Waals surface area contributed by atoms with E-state index in [0.29, 0.717) is 25.9 Å². The van der Waals surface area contributed by atoms with E-state index in [-0.39, 0.29) is 21.3 Å². The van der Waals surface area contributed by atoms with Crippen LogP contribution in [0.3, 0.4) is 0 Å². The Morgan fingerprint density at radius 3 is 2.65 bits per heavy atom. The smallest absolute Gasteiger partial charge is 0.272 e. The highest BCUT2D eigenvalue weighted by atomic mass is 32.2. The molecule has 0 aromatic carbocycles. The van der Waals surface area contributed by atoms with Crippen molar-refractivity contribution in [3.8, 4) is 6.07 Å². The van der Waals surface area contributed by atoms with Crippen LogP contribution in [0.1, 0.15) is 19.8 Å². The number of carbonyl (C=O) groups excluding carboxylic acids is 1. The molecule has 1 aliphatic rings. The molecule has 10 heteroatoms. The molecule has 0 unspecified atom stereocenters. The molecular formula is C10H13N5O3S2. The highest BCUT2D eigenvalue weighted by Gasteiger charge is 2.32. The molecule has 1 aromatic rings. The second kappa shape index (κ2) is 5.82. The number of nitrogens with one attached hydrogen (secondary N) is 1. The van der Waals surface area contributed by atoms with E-state index in [4.69, 9.17) is 5.26 Å². The summed E-state index contributed by atoms with van der Waals surface area (Å²) in [6.45, 7) is 1.91. The molecule has 0 atom stereocenters. The highest BCUT2D eigenvalue weighted by Crippen LogP contribution is 2.26. The van der Waals surface area contributed by atoms with Crippen LogP contribution in [0.4, 0.5) is 5.13 Å². The zero-order chi connectivity index (χ0) is 14.8. The molecule has 108 valence electrons. The molecule has 0 radical (unpaired) electrons. The lowest BCUT2D eigenvalue weighted by Crippen LogP contribution is -2.38. The molecule has 0 bridgehead atoms. The van der Waals surface area contributed by atoms with Crippen molar-refractivity contribution >= 4 is 32.4 Å². The zero-order valence-electron chi connectivity index (χ0n) is 10.7. The van der Waals surface area contributed by atoms with Crippen molar-refractivity contribution in [2.45, 2.75) is 24.1 Å². The van der Waals surface area contributed by atoms with Crippen LogP contribution >= 0.6 is 11.3 Å². The Kier molecular flexibility index (Phi) is 4.32. The Labute approximate surface area is 120 Å². The lowest BCUT2D eigenvalue weighted by Gasteiger charge is -2.26. The van der Waals surface area contributed by atoms with Gasteiger partial charge in [-0.15, -0.1) is 10.2 Å². The molecule has 2 rings (SSSR count). The number of nitrogens with zero attached hydrogens (tertiary/aromatic N) is 4. The fourth-order valence-electron chi connectivity index (χ4n) is 1.85. The number of sulfonamides is 1. The van der Waals surface area contributed by atoms with Gasteiger partial charge >= 0.3 is 0 Å². The minimum absolute atomic E-state index is 0.0918. The molecule has 0 spiro atoms. The lowest BCUT2D eigenvalue weighted by molar-refractivity contribution is -0.114. The van der Waals surface area contributed by atoms with Crippen LogP contribution in [0.25, 0.3) is 0 Å². The van der Waals surface area contributed by atoms with Crippen molar-refractivity contribution < 1.29 is 13.2 Å². The fourth-order valence-corrected chi connectivity index (χ4v) is 4.40. The minimum atomic E-state index is -3.69. The quantitative estimate of drug-likeness (QED) is 0.808. The van der Waals surface area contributed by atoms with Gasteiger partial charge < -0.3 is 5.32 Å². The van der Waals surface area contributed by atoms with E-state index in [1.165, 1.54) is 11.2 Å². The summed E-state index contributed by atoms with van der Waals surface area (Å²) in [6.07, 6.45) is 1.04. The monoisotopic (exact) mass is 315 g/mol. The van der Waals surface area contributed by atoms with Crippen molar-refractivity contribution in [3.63, 3.8) is 0 Å². The molecule has 1 aromatic heterocycles. The number of aromatic nitrogens is 2. The van der Waals surface area contributed by atoms with Gasteiger partial charge in [0.2, 0.25) is 15.4 Å². The second-order valence-electron chi connectivity index (χ2n) is 4.36. The van der Waals surface area contributed by atoms with Gasteiger partial charge in [-0.05, 0) is 12.8 Å². The van der Waals surface area contributed by atoms with E-state index in [9.17, 15) is 13.2 Å². The van der Waals surface area contributed by atoms with Crippen LogP contribution in [-0.4, -0.2) is 41.9 Å². The summed E-state index contributed by atoms with van der Waals surface area (Å²) in [7, 11) is -3.69. The number of rotatable bonds is 3. The fraction of sp³-hybridized carbons (Fsp3) is 0.600. The Balaban J connectivity index is 2.13. The standard InChI is InChI=1S/C10H13N5O3S2/c1-7(16)12-9-13-14-10(19-9)20(17,18)15-4-2-8(6-11)3-5-15/h8H,2-5H2,1H3,(H,12,13,16). The Morgan fingerprint density at radius 1 is 1.45 bits per heavy atom. The van der Waals surface area contributed by atoms with Crippen LogP contribution in [0.5, 0.6) is 0 Å². The first-order valence-electron chi connectivity index (χ1n) is 5.94. The summed E-state index contributed by atoms with van der Waals surface area (Å²) in [6, 6.07) is 2.15. The maximum absolute atomic E-state index is 12.3. The van der Waals surface area contributed by atoms with Crippen molar-refractivity contribution in [1.29, 1.82) is 5.26 Å². The third-order valence-electron chi connectivity index (χ3n) is 2.89. The molecule has 1 amide bonds. The van der Waals surface area contributed by atoms with Crippen LogP contribution in [0.2, 0.25) is 0 Å². The van der Waals surface area contributed by atoms with Crippen molar-refractivity contribution in [3.05, 3.63) is 0 Å². The predicted molar refractivity (Wildman–Crippen MR) is 71.3 cm³/mol. The Bertz CT molecular complexity index is 640. The van der Waals surface area contributed by atoms with Crippen LogP contribution in [0, 0.1) is 17.2 Å². The molecule has 20 heavy (non-hydrogen) atoms. The average molecular weight is 315 g/mol. The first kappa shape index (κ1) is 14.8. The minimum Gasteiger partial charge on any atom is -0.301 e. The van der Waals surface area contributed by atoms with Crippen LogP contribution in [-0.2, 0) is 14.8 Å². The van der Waals surface area contributed by atoms with Crippen molar-refractivity contribution in [2.75, 3.05) is 18.4 Å². The van der Waals surface area contributed by atoms with Gasteiger partial charge in [0, 0.05) is 25.9 Å². The van der Waals surface area contributed by atoms with Gasteiger partial charge in [-0.1, -0.05) is 11.3 Å². The van der Waals surface area contributed by atoms with E-state index in [2.05, 4.69) is 21.6 Å². The Morgan fingerprint density at radius 2 is 2.10 bits per heavy atom. The number of nitriles is 1. The molecule has 0 saturated carbocycles. The molecular weight excluding hydrogens is 302 g/mol. The van der Waals surface area contributed by atoms with Crippen LogP contribution < -0.4 is 5.32 Å². The summed E-state index contributed by atoms with van der Waals surface area (Å²) >= 11 is 0.820. The van der Waals surface area contributed by atoms with E-state index >= 15 is 0 Å². The number of hydrogen-bond donors (Lipinski definition) is 1. The molecule has 1 saturated heterocycles. The maximum atomic E-state index is 12.3. The number of piperidine rings is 1. The molecule has 2 heterocycles. The Hall–Kier alpha value is -1.57. The largest absolute Gasteiger partial charge is 0.301 e. The first-order chi connectivity index (χ1) is 9.43. The molecule has 1 aliphatic heterocycles. The molecule has 0 aliphatic carbocycles. The summed E-state index contributed by atoms with van der Waals surface area (Å²) < 4.78 is 25.8. The third-order valence-corrected chi connectivity index (χ3v) is 5.97. The van der Waals surface area contributed by atoms with E-state index < -0.39 is 10.0 Å². The number of carbonyl (C=O) groups is 1.